The molecular weight excluding hydrogens is 521 g/mol. The third-order valence-electron chi connectivity index (χ3n) is 3.25. The number of sulfone groups is 1. The second kappa shape index (κ2) is 8.58. The predicted octanol–water partition coefficient (Wildman–Crippen LogP) is 0.466. The Morgan fingerprint density at radius 3 is 1.43 bits per heavy atom. The molecule has 5 nitrogen and oxygen atoms in total. The van der Waals surface area contributed by atoms with Crippen molar-refractivity contribution in [3.8, 4) is 0 Å². The van der Waals surface area contributed by atoms with Crippen molar-refractivity contribution in [2.75, 3.05) is 6.26 Å². The van der Waals surface area contributed by atoms with Crippen LogP contribution in [-0.4, -0.2) is 50.0 Å². The van der Waals surface area contributed by atoms with E-state index >= 15 is 0 Å². The number of halogens is 10. The molecule has 0 fully saturated rings. The molecule has 0 saturated heterocycles. The van der Waals surface area contributed by atoms with Crippen LogP contribution < -0.4 is 29.6 Å². The van der Waals surface area contributed by atoms with Gasteiger partial charge in [0.15, 0.2) is 10.1 Å². The van der Waals surface area contributed by atoms with E-state index in [1.165, 1.54) is 0 Å². The number of benzene rings is 1. The summed E-state index contributed by atoms with van der Waals surface area (Å²) in [6.45, 7) is 0. The molecule has 0 aromatic heterocycles. The van der Waals surface area contributed by atoms with Crippen LogP contribution in [0.2, 0.25) is 0 Å². The largest absolute Gasteiger partial charge is 1.00 e. The maximum atomic E-state index is 13.8. The average Bonchev–Trinajstić information content (AvgIpc) is 2.51. The van der Waals surface area contributed by atoms with E-state index < -0.39 is 63.7 Å². The van der Waals surface area contributed by atoms with Gasteiger partial charge in [0.05, 0.1) is 0 Å². The molecule has 0 aliphatic heterocycles. The minimum absolute atomic E-state index is 0. The summed E-state index contributed by atoms with van der Waals surface area (Å²) < 4.78 is 189. The molecule has 0 heterocycles. The number of thioether (sulfide) groups is 1. The van der Waals surface area contributed by atoms with Gasteiger partial charge >= 0.3 is 51.9 Å². The minimum atomic E-state index is -7.82. The van der Waals surface area contributed by atoms with Gasteiger partial charge in [-0.1, -0.05) is 0 Å². The van der Waals surface area contributed by atoms with Gasteiger partial charge in [-0.2, -0.15) is 35.1 Å². The molecule has 0 spiro atoms. The molecule has 0 bridgehead atoms. The summed E-state index contributed by atoms with van der Waals surface area (Å²) in [6, 6.07) is 0.0629. The molecule has 19 heteroatoms. The monoisotopic (exact) mass is 526 g/mol. The average molecular weight is 526 g/mol. The zero-order valence-electron chi connectivity index (χ0n) is 14.2. The first-order chi connectivity index (χ1) is 12.6. The molecule has 30 heavy (non-hydrogen) atoms. The van der Waals surface area contributed by atoms with Crippen molar-refractivity contribution in [1.82, 2.24) is 0 Å². The predicted molar refractivity (Wildman–Crippen MR) is 74.8 cm³/mol. The van der Waals surface area contributed by atoms with E-state index in [0.29, 0.717) is 11.8 Å². The summed E-state index contributed by atoms with van der Waals surface area (Å²) in [5.74, 6) is -20.6. The fourth-order valence-corrected chi connectivity index (χ4v) is 3.97. The summed E-state index contributed by atoms with van der Waals surface area (Å²) in [5, 5.41) is -14.8. The van der Waals surface area contributed by atoms with Gasteiger partial charge in [-0.05, 0) is 18.4 Å². The molecule has 0 unspecified atom stereocenters. The Morgan fingerprint density at radius 1 is 0.800 bits per heavy atom. The summed E-state index contributed by atoms with van der Waals surface area (Å²) >= 11 is 0.509. The van der Waals surface area contributed by atoms with Crippen molar-refractivity contribution in [1.29, 1.82) is 0 Å². The molecular formula is C11H5F10NaO5S3. The third kappa shape index (κ3) is 4.19. The van der Waals surface area contributed by atoms with Crippen molar-refractivity contribution in [2.24, 2.45) is 0 Å². The molecule has 0 aliphatic carbocycles. The van der Waals surface area contributed by atoms with Gasteiger partial charge in [0, 0.05) is 4.90 Å². The van der Waals surface area contributed by atoms with Gasteiger partial charge in [-0.3, -0.25) is 0 Å². The second-order valence-electron chi connectivity index (χ2n) is 5.06. The first-order valence-electron chi connectivity index (χ1n) is 6.35. The van der Waals surface area contributed by atoms with Gasteiger partial charge < -0.3 is 4.55 Å². The quantitative estimate of drug-likeness (QED) is 0.222. The molecule has 0 atom stereocenters. The molecule has 0 amide bonds. The second-order valence-corrected chi connectivity index (χ2v) is 9.29. The van der Waals surface area contributed by atoms with E-state index in [4.69, 9.17) is 0 Å². The van der Waals surface area contributed by atoms with E-state index in [1.54, 1.807) is 0 Å². The zero-order chi connectivity index (χ0) is 23.4. The van der Waals surface area contributed by atoms with Crippen LogP contribution in [0.1, 0.15) is 0 Å². The van der Waals surface area contributed by atoms with Crippen molar-refractivity contribution in [3.63, 3.8) is 0 Å². The Balaban J connectivity index is 0.00000841. The number of alkyl halides is 8. The van der Waals surface area contributed by atoms with Crippen molar-refractivity contribution >= 4 is 31.7 Å². The van der Waals surface area contributed by atoms with Crippen LogP contribution in [-0.2, 0) is 20.0 Å². The van der Waals surface area contributed by atoms with Gasteiger partial charge in [-0.25, -0.2) is 25.6 Å². The first kappa shape index (κ1) is 29.7. The summed E-state index contributed by atoms with van der Waals surface area (Å²) in [7, 11) is -15.3. The first-order valence-corrected chi connectivity index (χ1v) is 10.5. The molecule has 0 radical (unpaired) electrons. The van der Waals surface area contributed by atoms with Crippen LogP contribution in [0.4, 0.5) is 43.9 Å². The SMILES string of the molecule is CSc1cc(F)c(S(=O)(=O)C(F)(F)C(F)(F)C(F)(F)C(F)(F)S(=O)(=O)[O-])c(F)c1.[Na+]. The van der Waals surface area contributed by atoms with Gasteiger partial charge in [0.25, 0.3) is 9.84 Å². The van der Waals surface area contributed by atoms with E-state index in [0.717, 1.165) is 6.26 Å². The number of hydrogen-bond donors (Lipinski definition) is 0. The fourth-order valence-electron chi connectivity index (χ4n) is 1.73. The third-order valence-corrected chi connectivity index (χ3v) is 6.70. The molecule has 1 aromatic carbocycles. The Morgan fingerprint density at radius 2 is 1.13 bits per heavy atom. The Kier molecular flexibility index (Phi) is 8.51. The summed E-state index contributed by atoms with van der Waals surface area (Å²) in [5.41, 5.74) is 0. The Hall–Kier alpha value is -0.270. The number of rotatable bonds is 7. The minimum Gasteiger partial charge on any atom is -0.743 e. The van der Waals surface area contributed by atoms with E-state index in [-0.39, 0.29) is 41.7 Å². The van der Waals surface area contributed by atoms with Crippen molar-refractivity contribution in [2.45, 2.75) is 32.1 Å². The van der Waals surface area contributed by atoms with Crippen LogP contribution >= 0.6 is 11.8 Å². The summed E-state index contributed by atoms with van der Waals surface area (Å²) in [4.78, 5) is -3.34. The summed E-state index contributed by atoms with van der Waals surface area (Å²) in [6.07, 6.45) is 1.15. The number of hydrogen-bond acceptors (Lipinski definition) is 6. The van der Waals surface area contributed by atoms with Crippen LogP contribution in [0.15, 0.2) is 21.9 Å². The zero-order valence-corrected chi connectivity index (χ0v) is 18.6. The molecule has 1 rings (SSSR count). The van der Waals surface area contributed by atoms with Gasteiger partial charge in [0.2, 0.25) is 0 Å². The molecule has 0 saturated carbocycles. The maximum absolute atomic E-state index is 13.8. The van der Waals surface area contributed by atoms with Gasteiger partial charge in [0.1, 0.15) is 16.5 Å². The Labute approximate surface area is 188 Å². The van der Waals surface area contributed by atoms with E-state index in [1.807, 2.05) is 0 Å². The van der Waals surface area contributed by atoms with Crippen molar-refractivity contribution < 1.29 is 94.8 Å². The van der Waals surface area contributed by atoms with E-state index in [2.05, 4.69) is 0 Å². The molecule has 0 N–H and O–H groups in total. The smallest absolute Gasteiger partial charge is 0.743 e. The normalized spacial score (nSPS) is 14.4. The van der Waals surface area contributed by atoms with Crippen LogP contribution in [0, 0.1) is 11.6 Å². The molecule has 1 aromatic rings. The van der Waals surface area contributed by atoms with Crippen LogP contribution in [0.3, 0.4) is 0 Å². The standard InChI is InChI=1S/C11H6F10O5S3.Na/c1-27-4-2-5(12)7(6(13)3-4)28(22,23)10(18,19)8(14,15)9(16,17)11(20,21)29(24,25)26;/h2-3H,1H3,(H,24,25,26);/q;+1/p-1. The fraction of sp³-hybridized carbons (Fsp3) is 0.455. The van der Waals surface area contributed by atoms with Crippen molar-refractivity contribution in [3.05, 3.63) is 23.8 Å². The Bertz CT molecular complexity index is 1000. The molecule has 168 valence electrons. The van der Waals surface area contributed by atoms with Crippen LogP contribution in [0.5, 0.6) is 0 Å². The maximum Gasteiger partial charge on any atom is 1.00 e. The van der Waals surface area contributed by atoms with Gasteiger partial charge in [-0.15, -0.1) is 11.8 Å². The topological polar surface area (TPSA) is 91.3 Å². The van der Waals surface area contributed by atoms with Crippen LogP contribution in [0.25, 0.3) is 0 Å². The van der Waals surface area contributed by atoms with E-state index in [9.17, 15) is 65.3 Å². The molecule has 0 aliphatic rings.